The fraction of sp³-hybridized carbons (Fsp3) is 1.00. The van der Waals surface area contributed by atoms with Crippen LogP contribution >= 0.6 is 0 Å². The number of aliphatic hydroxyl groups is 1. The van der Waals surface area contributed by atoms with Crippen molar-refractivity contribution in [3.63, 3.8) is 0 Å². The molecule has 0 saturated carbocycles. The van der Waals surface area contributed by atoms with E-state index in [9.17, 15) is 0 Å². The van der Waals surface area contributed by atoms with Crippen molar-refractivity contribution in [2.45, 2.75) is 0 Å². The van der Waals surface area contributed by atoms with Crippen LogP contribution < -0.4 is 6.15 Å². The van der Waals surface area contributed by atoms with E-state index in [0.717, 1.165) is 11.0 Å². The van der Waals surface area contributed by atoms with Crippen LogP contribution in [0.3, 0.4) is 0 Å². The predicted octanol–water partition coefficient (Wildman–Crippen LogP) is -1.15. The highest BCUT2D eigenvalue weighted by Crippen LogP contribution is 1.84. The lowest BCUT2D eigenvalue weighted by molar-refractivity contribution is -0.870. The second-order valence-electron chi connectivity index (χ2n) is 3.17. The topological polar surface area (TPSA) is 133 Å². The Morgan fingerprint density at radius 2 is 1.54 bits per heavy atom. The summed E-state index contributed by atoms with van der Waals surface area (Å²) < 4.78 is 33.7. The molecule has 0 fully saturated rings. The molecule has 0 heterocycles. The largest absolute Gasteiger partial charge is 0.726 e. The number of aliphatic hydroxyl groups excluding tert-OH is 1. The van der Waals surface area contributed by atoms with Crippen molar-refractivity contribution in [3.8, 4) is 0 Å². The Bertz CT molecular complexity index is 187. The SMILES string of the molecule is C[N+](C)(C)CCO.N.O=S(=O)([O-])O. The van der Waals surface area contributed by atoms with Crippen LogP contribution in [0.5, 0.6) is 0 Å². The molecule has 0 saturated heterocycles. The molecule has 84 valence electrons. The van der Waals surface area contributed by atoms with E-state index in [-0.39, 0.29) is 12.8 Å². The Morgan fingerprint density at radius 1 is 1.31 bits per heavy atom. The minimum Gasteiger partial charge on any atom is -0.726 e. The number of rotatable bonds is 2. The molecule has 13 heavy (non-hydrogen) atoms. The van der Waals surface area contributed by atoms with Crippen molar-refractivity contribution >= 4 is 10.4 Å². The molecule has 0 spiro atoms. The van der Waals surface area contributed by atoms with Gasteiger partial charge in [0, 0.05) is 0 Å². The van der Waals surface area contributed by atoms with Gasteiger partial charge in [0.1, 0.15) is 6.54 Å². The molecule has 7 nitrogen and oxygen atoms in total. The van der Waals surface area contributed by atoms with Crippen molar-refractivity contribution in [2.75, 3.05) is 34.3 Å². The first kappa shape index (κ1) is 18.5. The quantitative estimate of drug-likeness (QED) is 0.304. The monoisotopic (exact) mass is 218 g/mol. The van der Waals surface area contributed by atoms with Crippen molar-refractivity contribution in [2.24, 2.45) is 0 Å². The molecule has 0 aliphatic carbocycles. The van der Waals surface area contributed by atoms with E-state index >= 15 is 0 Å². The number of nitrogens with zero attached hydrogens (tertiary/aromatic N) is 1. The Labute approximate surface area is 78.7 Å². The van der Waals surface area contributed by atoms with Gasteiger partial charge in [0.15, 0.2) is 0 Å². The van der Waals surface area contributed by atoms with Gasteiger partial charge in [-0.3, -0.25) is 4.55 Å². The summed E-state index contributed by atoms with van der Waals surface area (Å²) in [5.74, 6) is 0. The van der Waals surface area contributed by atoms with Gasteiger partial charge in [-0.1, -0.05) is 0 Å². The van der Waals surface area contributed by atoms with Crippen molar-refractivity contribution in [3.05, 3.63) is 0 Å². The van der Waals surface area contributed by atoms with Crippen LogP contribution in [0.2, 0.25) is 0 Å². The number of hydrogen-bond acceptors (Lipinski definition) is 5. The van der Waals surface area contributed by atoms with Gasteiger partial charge in [0.05, 0.1) is 27.7 Å². The molecule has 0 radical (unpaired) electrons. The third-order valence-corrected chi connectivity index (χ3v) is 0.771. The molecular formula is C5H18N2O5S. The molecular weight excluding hydrogens is 200 g/mol. The van der Waals surface area contributed by atoms with Gasteiger partial charge in [-0.15, -0.1) is 0 Å². The minimum absolute atomic E-state index is 0. The Hall–Kier alpha value is -0.250. The lowest BCUT2D eigenvalue weighted by Crippen LogP contribution is -2.36. The van der Waals surface area contributed by atoms with E-state index in [2.05, 4.69) is 21.1 Å². The van der Waals surface area contributed by atoms with E-state index in [4.69, 9.17) is 22.6 Å². The van der Waals surface area contributed by atoms with E-state index < -0.39 is 10.4 Å². The summed E-state index contributed by atoms with van der Waals surface area (Å²) in [5, 5.41) is 8.39. The Balaban J connectivity index is -0.000000150. The van der Waals surface area contributed by atoms with Crippen molar-refractivity contribution in [1.82, 2.24) is 6.15 Å². The molecule has 0 bridgehead atoms. The first-order valence-electron chi connectivity index (χ1n) is 3.16. The van der Waals surface area contributed by atoms with Crippen LogP contribution in [0.25, 0.3) is 0 Å². The number of likely N-dealkylation sites (N-methyl/N-ethyl adjacent to an activating group) is 1. The molecule has 5 N–H and O–H groups in total. The fourth-order valence-corrected chi connectivity index (χ4v) is 0.300. The summed E-state index contributed by atoms with van der Waals surface area (Å²) in [6.07, 6.45) is 0. The number of quaternary nitrogens is 1. The second kappa shape index (κ2) is 7.18. The van der Waals surface area contributed by atoms with Gasteiger partial charge in [-0.2, -0.15) is 0 Å². The lowest BCUT2D eigenvalue weighted by Gasteiger charge is -2.21. The summed E-state index contributed by atoms with van der Waals surface area (Å²) in [6, 6.07) is 0. The summed E-state index contributed by atoms with van der Waals surface area (Å²) in [5.41, 5.74) is 0. The molecule has 8 heteroatoms. The third-order valence-electron chi connectivity index (χ3n) is 0.771. The van der Waals surface area contributed by atoms with Crippen LogP contribution in [-0.4, -0.2) is 61.4 Å². The van der Waals surface area contributed by atoms with E-state index in [1.807, 2.05) is 0 Å². The zero-order chi connectivity index (χ0) is 10.4. The first-order valence-corrected chi connectivity index (χ1v) is 4.52. The van der Waals surface area contributed by atoms with Crippen LogP contribution in [0.15, 0.2) is 0 Å². The summed E-state index contributed by atoms with van der Waals surface area (Å²) in [6.45, 7) is 1.11. The van der Waals surface area contributed by atoms with Gasteiger partial charge in [0.25, 0.3) is 0 Å². The Morgan fingerprint density at radius 3 is 1.54 bits per heavy atom. The molecule has 0 unspecified atom stereocenters. The molecule has 0 aliphatic heterocycles. The smallest absolute Gasteiger partial charge is 0.215 e. The first-order chi connectivity index (χ1) is 5.06. The molecule has 0 aliphatic rings. The highest BCUT2D eigenvalue weighted by molar-refractivity contribution is 7.79. The van der Waals surface area contributed by atoms with Gasteiger partial charge >= 0.3 is 0 Å². The van der Waals surface area contributed by atoms with Gasteiger partial charge in [0.2, 0.25) is 10.4 Å². The van der Waals surface area contributed by atoms with Crippen LogP contribution in [0.1, 0.15) is 0 Å². The van der Waals surface area contributed by atoms with Gasteiger partial charge in [-0.05, 0) is 0 Å². The second-order valence-corrected chi connectivity index (χ2v) is 4.02. The number of hydrogen-bond donors (Lipinski definition) is 3. The average molecular weight is 218 g/mol. The van der Waals surface area contributed by atoms with Crippen LogP contribution in [0, 0.1) is 0 Å². The van der Waals surface area contributed by atoms with Gasteiger partial charge < -0.3 is 20.3 Å². The van der Waals surface area contributed by atoms with Crippen molar-refractivity contribution < 1.29 is 27.1 Å². The predicted molar refractivity (Wildman–Crippen MR) is 47.3 cm³/mol. The molecule has 0 rings (SSSR count). The van der Waals surface area contributed by atoms with Crippen molar-refractivity contribution in [1.29, 1.82) is 0 Å². The highest BCUT2D eigenvalue weighted by Gasteiger charge is 2.02. The van der Waals surface area contributed by atoms with E-state index in [0.29, 0.717) is 0 Å². The maximum atomic E-state index is 8.63. The molecule has 0 aromatic heterocycles. The van der Waals surface area contributed by atoms with Gasteiger partial charge in [-0.25, -0.2) is 8.42 Å². The fourth-order valence-electron chi connectivity index (χ4n) is 0.300. The summed E-state index contributed by atoms with van der Waals surface area (Å²) >= 11 is 0. The minimum atomic E-state index is -4.92. The standard InChI is InChI=1S/C5H14NO.H3N.H2O4S/c1-6(2,3)4-5-7;;1-5(2,3)4/h7H,4-5H2,1-3H3;1H3;(H2,1,2,3,4)/q+1;;/p-1. The zero-order valence-electron chi connectivity index (χ0n) is 8.10. The molecule has 0 aromatic rings. The molecule has 0 amide bonds. The molecule has 0 atom stereocenters. The maximum absolute atomic E-state index is 8.63. The maximum Gasteiger partial charge on any atom is 0.215 e. The molecule has 0 aromatic carbocycles. The normalized spacial score (nSPS) is 10.9. The van der Waals surface area contributed by atoms with Crippen LogP contribution in [-0.2, 0) is 10.4 Å². The lowest BCUT2D eigenvalue weighted by atomic mass is 10.5. The zero-order valence-corrected chi connectivity index (χ0v) is 8.91. The highest BCUT2D eigenvalue weighted by atomic mass is 32.3. The summed E-state index contributed by atoms with van der Waals surface area (Å²) in [7, 11) is 1.24. The van der Waals surface area contributed by atoms with E-state index in [1.165, 1.54) is 0 Å². The van der Waals surface area contributed by atoms with E-state index in [1.54, 1.807) is 0 Å². The third kappa shape index (κ3) is 79.4. The average Bonchev–Trinajstić information content (AvgIpc) is 1.54. The Kier molecular flexibility index (Phi) is 10.2. The van der Waals surface area contributed by atoms with Crippen LogP contribution in [0.4, 0.5) is 0 Å². The summed E-state index contributed by atoms with van der Waals surface area (Å²) in [4.78, 5) is 0.